The van der Waals surface area contributed by atoms with E-state index in [1.54, 1.807) is 18.9 Å². The van der Waals surface area contributed by atoms with Crippen LogP contribution in [0.5, 0.6) is 5.75 Å². The van der Waals surface area contributed by atoms with Gasteiger partial charge in [-0.1, -0.05) is 49.4 Å². The molecule has 7 heteroatoms. The number of ether oxygens (including phenoxy) is 5. The quantitative estimate of drug-likeness (QED) is 0.718. The van der Waals surface area contributed by atoms with Crippen molar-refractivity contribution in [1.82, 2.24) is 0 Å². The monoisotopic (exact) mass is 432 g/mol. The fraction of sp³-hybridized carbons (Fsp3) is 0.478. The van der Waals surface area contributed by atoms with Gasteiger partial charge in [-0.05, 0) is 23.4 Å². The molecule has 4 rings (SSSR count). The fourth-order valence-electron chi connectivity index (χ4n) is 3.75. The fourth-order valence-corrected chi connectivity index (χ4v) is 4.65. The third-order valence-electron chi connectivity index (χ3n) is 5.31. The lowest BCUT2D eigenvalue weighted by atomic mass is 9.98. The lowest BCUT2D eigenvalue weighted by Gasteiger charge is -2.47. The molecule has 0 amide bonds. The minimum absolute atomic E-state index is 0.293. The Bertz CT molecular complexity index is 786. The van der Waals surface area contributed by atoms with E-state index in [2.05, 4.69) is 0 Å². The number of benzene rings is 2. The Morgan fingerprint density at radius 1 is 1.07 bits per heavy atom. The molecular formula is C23H28O6S. The molecule has 2 heterocycles. The molecule has 6 atom stereocenters. The van der Waals surface area contributed by atoms with Crippen molar-refractivity contribution >= 4 is 11.8 Å². The molecule has 0 aliphatic carbocycles. The van der Waals surface area contributed by atoms with Crippen LogP contribution < -0.4 is 4.74 Å². The molecule has 0 saturated carbocycles. The van der Waals surface area contributed by atoms with E-state index < -0.39 is 24.6 Å². The largest absolute Gasteiger partial charge is 0.497 e. The maximum atomic E-state index is 11.0. The van der Waals surface area contributed by atoms with Gasteiger partial charge in [-0.15, -0.1) is 11.8 Å². The Morgan fingerprint density at radius 2 is 1.83 bits per heavy atom. The Balaban J connectivity index is 1.50. The van der Waals surface area contributed by atoms with E-state index in [1.807, 2.05) is 61.5 Å². The summed E-state index contributed by atoms with van der Waals surface area (Å²) in [6, 6.07) is 17.5. The first kappa shape index (κ1) is 21.6. The van der Waals surface area contributed by atoms with Gasteiger partial charge in [-0.2, -0.15) is 0 Å². The van der Waals surface area contributed by atoms with Gasteiger partial charge in [0.1, 0.15) is 35.6 Å². The number of hydrogen-bond acceptors (Lipinski definition) is 7. The molecule has 3 unspecified atom stereocenters. The molecule has 6 nitrogen and oxygen atoms in total. The minimum Gasteiger partial charge on any atom is -0.497 e. The van der Waals surface area contributed by atoms with Gasteiger partial charge in [0.25, 0.3) is 0 Å². The van der Waals surface area contributed by atoms with Crippen LogP contribution in [0.25, 0.3) is 0 Å². The van der Waals surface area contributed by atoms with Crippen LogP contribution in [0, 0.1) is 0 Å². The van der Waals surface area contributed by atoms with E-state index in [9.17, 15) is 5.11 Å². The first-order valence-electron chi connectivity index (χ1n) is 10.2. The van der Waals surface area contributed by atoms with Gasteiger partial charge in [0.05, 0.1) is 20.3 Å². The third-order valence-corrected chi connectivity index (χ3v) is 6.36. The van der Waals surface area contributed by atoms with Crippen molar-refractivity contribution < 1.29 is 28.8 Å². The zero-order chi connectivity index (χ0) is 20.9. The van der Waals surface area contributed by atoms with Crippen molar-refractivity contribution in [1.29, 1.82) is 0 Å². The lowest BCUT2D eigenvalue weighted by Crippen LogP contribution is -2.61. The third kappa shape index (κ3) is 4.82. The summed E-state index contributed by atoms with van der Waals surface area (Å²) in [7, 11) is 1.64. The molecule has 1 N–H and O–H groups in total. The Hall–Kier alpha value is -1.61. The van der Waals surface area contributed by atoms with Crippen molar-refractivity contribution in [2.24, 2.45) is 0 Å². The van der Waals surface area contributed by atoms with Crippen molar-refractivity contribution in [3.8, 4) is 5.75 Å². The number of fused-ring (bicyclic) bond motifs is 1. The number of methoxy groups -OCH3 is 1. The average molecular weight is 433 g/mol. The highest BCUT2D eigenvalue weighted by atomic mass is 32.2. The molecule has 2 fully saturated rings. The van der Waals surface area contributed by atoms with Gasteiger partial charge in [0, 0.05) is 5.56 Å². The zero-order valence-corrected chi connectivity index (χ0v) is 18.0. The van der Waals surface area contributed by atoms with Crippen molar-refractivity contribution in [2.45, 2.75) is 49.7 Å². The van der Waals surface area contributed by atoms with Crippen LogP contribution in [0.2, 0.25) is 0 Å². The molecule has 30 heavy (non-hydrogen) atoms. The second-order valence-corrected chi connectivity index (χ2v) is 8.66. The summed E-state index contributed by atoms with van der Waals surface area (Å²) in [5, 5.41) is 11.0. The topological polar surface area (TPSA) is 66.4 Å². The summed E-state index contributed by atoms with van der Waals surface area (Å²) in [6.45, 7) is 2.79. The zero-order valence-electron chi connectivity index (χ0n) is 17.2. The molecule has 0 spiro atoms. The highest BCUT2D eigenvalue weighted by Crippen LogP contribution is 2.38. The van der Waals surface area contributed by atoms with Crippen LogP contribution in [0.1, 0.15) is 24.3 Å². The standard InChI is InChI=1S/C23H28O6S/c1-3-30-23-19(24)21(26-13-15-9-11-17(25-2)12-10-15)20-18(28-23)14-27-22(29-20)16-7-5-4-6-8-16/h4-12,18-24H,3,13-14H2,1-2H3/t18?,19-,20-,21?,22?,23-/m0/s1. The molecule has 0 aromatic heterocycles. The summed E-state index contributed by atoms with van der Waals surface area (Å²) in [5.41, 5.74) is 1.55. The normalized spacial score (nSPS) is 31.2. The molecule has 2 aliphatic rings. The van der Waals surface area contributed by atoms with E-state index in [4.69, 9.17) is 23.7 Å². The van der Waals surface area contributed by atoms with Crippen LogP contribution in [-0.4, -0.2) is 54.4 Å². The van der Waals surface area contributed by atoms with E-state index in [-0.39, 0.29) is 11.5 Å². The molecule has 2 aromatic rings. The van der Waals surface area contributed by atoms with E-state index in [1.165, 1.54) is 0 Å². The van der Waals surface area contributed by atoms with Crippen LogP contribution in [0.3, 0.4) is 0 Å². The summed E-state index contributed by atoms with van der Waals surface area (Å²) in [4.78, 5) is 0. The van der Waals surface area contributed by atoms with Gasteiger partial charge in [-0.3, -0.25) is 0 Å². The Kier molecular flexibility index (Phi) is 7.30. The van der Waals surface area contributed by atoms with Gasteiger partial charge in [-0.25, -0.2) is 0 Å². The van der Waals surface area contributed by atoms with Crippen molar-refractivity contribution in [2.75, 3.05) is 19.5 Å². The second-order valence-electron chi connectivity index (χ2n) is 7.29. The van der Waals surface area contributed by atoms with Crippen molar-refractivity contribution in [3.63, 3.8) is 0 Å². The Morgan fingerprint density at radius 3 is 2.53 bits per heavy atom. The summed E-state index contributed by atoms with van der Waals surface area (Å²) in [6.07, 6.45) is -2.55. The second kappa shape index (κ2) is 10.1. The van der Waals surface area contributed by atoms with Crippen LogP contribution >= 0.6 is 11.8 Å². The lowest BCUT2D eigenvalue weighted by molar-refractivity contribution is -0.325. The predicted octanol–water partition coefficient (Wildman–Crippen LogP) is 3.53. The molecule has 0 radical (unpaired) electrons. The number of hydrogen-bond donors (Lipinski definition) is 1. The SMILES string of the molecule is CCS[C@@H]1OC2COC(c3ccccc3)O[C@@H]2C(OCc2ccc(OC)cc2)[C@@H]1O. The number of rotatable bonds is 7. The minimum atomic E-state index is -0.802. The highest BCUT2D eigenvalue weighted by Gasteiger charge is 2.50. The first-order valence-corrected chi connectivity index (χ1v) is 11.3. The molecule has 2 aromatic carbocycles. The number of thioether (sulfide) groups is 1. The van der Waals surface area contributed by atoms with Gasteiger partial charge in [0.2, 0.25) is 0 Å². The average Bonchev–Trinajstić information content (AvgIpc) is 2.80. The van der Waals surface area contributed by atoms with Crippen LogP contribution in [0.15, 0.2) is 54.6 Å². The van der Waals surface area contributed by atoms with Crippen molar-refractivity contribution in [3.05, 3.63) is 65.7 Å². The van der Waals surface area contributed by atoms with Gasteiger partial charge >= 0.3 is 0 Å². The molecule has 162 valence electrons. The highest BCUT2D eigenvalue weighted by molar-refractivity contribution is 7.99. The molecule has 0 bridgehead atoms. The molecule has 2 saturated heterocycles. The first-order chi connectivity index (χ1) is 14.7. The van der Waals surface area contributed by atoms with Crippen LogP contribution in [-0.2, 0) is 25.6 Å². The number of aliphatic hydroxyl groups excluding tert-OH is 1. The maximum Gasteiger partial charge on any atom is 0.184 e. The summed E-state index contributed by atoms with van der Waals surface area (Å²) < 4.78 is 29.7. The van der Waals surface area contributed by atoms with E-state index in [0.717, 1.165) is 22.6 Å². The molecule has 2 aliphatic heterocycles. The van der Waals surface area contributed by atoms with Gasteiger partial charge < -0.3 is 28.8 Å². The summed E-state index contributed by atoms with van der Waals surface area (Å²) in [5.74, 6) is 1.63. The van der Waals surface area contributed by atoms with E-state index in [0.29, 0.717) is 13.2 Å². The smallest absolute Gasteiger partial charge is 0.184 e. The Labute approximate surface area is 181 Å². The van der Waals surface area contributed by atoms with Gasteiger partial charge in [0.15, 0.2) is 6.29 Å². The molecular weight excluding hydrogens is 404 g/mol. The summed E-state index contributed by atoms with van der Waals surface area (Å²) >= 11 is 1.56. The van der Waals surface area contributed by atoms with E-state index >= 15 is 0 Å². The van der Waals surface area contributed by atoms with Crippen LogP contribution in [0.4, 0.5) is 0 Å². The number of aliphatic hydroxyl groups is 1. The maximum absolute atomic E-state index is 11.0. The predicted molar refractivity (Wildman–Crippen MR) is 114 cm³/mol.